The summed E-state index contributed by atoms with van der Waals surface area (Å²) in [7, 11) is 0. The number of ether oxygens (including phenoxy) is 1. The first-order chi connectivity index (χ1) is 12.9. The van der Waals surface area contributed by atoms with Crippen molar-refractivity contribution < 1.29 is 19.4 Å². The number of nitrogens with zero attached hydrogens (tertiary/aromatic N) is 4. The van der Waals surface area contributed by atoms with E-state index < -0.39 is 11.9 Å². The van der Waals surface area contributed by atoms with Gasteiger partial charge in [-0.2, -0.15) is 0 Å². The van der Waals surface area contributed by atoms with Gasteiger partial charge in [-0.1, -0.05) is 12.1 Å². The monoisotopic (exact) mass is 372 g/mol. The van der Waals surface area contributed by atoms with Crippen LogP contribution < -0.4 is 4.74 Å². The number of hydrogen-bond donors (Lipinski definition) is 1. The summed E-state index contributed by atoms with van der Waals surface area (Å²) in [5.41, 5.74) is 1.78. The summed E-state index contributed by atoms with van der Waals surface area (Å²) in [6, 6.07) is 7.46. The van der Waals surface area contributed by atoms with E-state index in [-0.39, 0.29) is 24.2 Å². The maximum absolute atomic E-state index is 12.8. The zero-order valence-corrected chi connectivity index (χ0v) is 15.8. The maximum Gasteiger partial charge on any atom is 0.308 e. The highest BCUT2D eigenvalue weighted by molar-refractivity contribution is 5.94. The average molecular weight is 372 g/mol. The predicted octanol–water partition coefficient (Wildman–Crippen LogP) is 2.16. The molecule has 2 heterocycles. The summed E-state index contributed by atoms with van der Waals surface area (Å²) >= 11 is 0. The van der Waals surface area contributed by atoms with Crippen molar-refractivity contribution in [1.29, 1.82) is 0 Å². The molecule has 1 saturated heterocycles. The number of benzene rings is 1. The van der Waals surface area contributed by atoms with Crippen LogP contribution >= 0.6 is 0 Å². The number of amides is 1. The molecule has 1 aromatic heterocycles. The minimum Gasteiger partial charge on any atom is -0.491 e. The van der Waals surface area contributed by atoms with Crippen LogP contribution in [-0.2, 0) is 11.2 Å². The lowest BCUT2D eigenvalue weighted by molar-refractivity contribution is -0.141. The summed E-state index contributed by atoms with van der Waals surface area (Å²) in [6.07, 6.45) is 1.13. The van der Waals surface area contributed by atoms with E-state index in [0.717, 1.165) is 11.4 Å². The lowest BCUT2D eigenvalue weighted by Gasteiger charge is -2.15. The molecule has 0 saturated carbocycles. The first-order valence-corrected chi connectivity index (χ1v) is 9.14. The van der Waals surface area contributed by atoms with Crippen LogP contribution in [0.3, 0.4) is 0 Å². The van der Waals surface area contributed by atoms with Crippen molar-refractivity contribution in [3.63, 3.8) is 0 Å². The van der Waals surface area contributed by atoms with Gasteiger partial charge in [0.2, 0.25) is 0 Å². The molecule has 1 unspecified atom stereocenters. The van der Waals surface area contributed by atoms with E-state index in [9.17, 15) is 9.59 Å². The third kappa shape index (κ3) is 3.94. The Morgan fingerprint density at radius 2 is 2.00 bits per heavy atom. The molecule has 8 heteroatoms. The molecular formula is C19H24N4O4. The first-order valence-electron chi connectivity index (χ1n) is 9.14. The Morgan fingerprint density at radius 1 is 1.30 bits per heavy atom. The van der Waals surface area contributed by atoms with Crippen LogP contribution in [0.15, 0.2) is 24.3 Å². The number of rotatable bonds is 6. The molecule has 1 fully saturated rings. The summed E-state index contributed by atoms with van der Waals surface area (Å²) < 4.78 is 7.30. The van der Waals surface area contributed by atoms with Gasteiger partial charge in [-0.25, -0.2) is 4.68 Å². The van der Waals surface area contributed by atoms with E-state index in [1.807, 2.05) is 45.0 Å². The summed E-state index contributed by atoms with van der Waals surface area (Å²) in [5, 5.41) is 17.4. The Bertz CT molecular complexity index is 829. The van der Waals surface area contributed by atoms with Crippen molar-refractivity contribution in [1.82, 2.24) is 19.9 Å². The summed E-state index contributed by atoms with van der Waals surface area (Å²) in [5.74, 6) is -0.877. The van der Waals surface area contributed by atoms with E-state index >= 15 is 0 Å². The number of aromatic nitrogens is 3. The van der Waals surface area contributed by atoms with E-state index in [2.05, 4.69) is 10.3 Å². The van der Waals surface area contributed by atoms with Crippen LogP contribution in [0.4, 0.5) is 0 Å². The van der Waals surface area contributed by atoms with Crippen molar-refractivity contribution in [3.8, 4) is 11.4 Å². The minimum atomic E-state index is -0.867. The van der Waals surface area contributed by atoms with Gasteiger partial charge in [0.05, 0.1) is 23.4 Å². The van der Waals surface area contributed by atoms with Gasteiger partial charge in [-0.15, -0.1) is 5.10 Å². The highest BCUT2D eigenvalue weighted by Gasteiger charge is 2.33. The Kier molecular flexibility index (Phi) is 5.43. The molecule has 1 amide bonds. The molecule has 0 aliphatic carbocycles. The van der Waals surface area contributed by atoms with Crippen molar-refractivity contribution in [2.75, 3.05) is 13.1 Å². The van der Waals surface area contributed by atoms with Gasteiger partial charge >= 0.3 is 5.97 Å². The van der Waals surface area contributed by atoms with Gasteiger partial charge < -0.3 is 14.7 Å². The molecule has 0 bridgehead atoms. The van der Waals surface area contributed by atoms with Crippen LogP contribution in [0, 0.1) is 5.92 Å². The molecule has 0 radical (unpaired) electrons. The molecular weight excluding hydrogens is 348 g/mol. The van der Waals surface area contributed by atoms with E-state index in [0.29, 0.717) is 25.1 Å². The third-order valence-corrected chi connectivity index (χ3v) is 4.58. The van der Waals surface area contributed by atoms with Crippen LogP contribution in [0.25, 0.3) is 5.69 Å². The fourth-order valence-corrected chi connectivity index (χ4v) is 3.23. The van der Waals surface area contributed by atoms with Crippen LogP contribution in [0.1, 0.15) is 43.4 Å². The van der Waals surface area contributed by atoms with Gasteiger partial charge in [0.1, 0.15) is 5.75 Å². The molecule has 2 aromatic rings. The molecule has 27 heavy (non-hydrogen) atoms. The number of carboxylic acids is 1. The number of hydrogen-bond acceptors (Lipinski definition) is 5. The smallest absolute Gasteiger partial charge is 0.308 e. The fourth-order valence-electron chi connectivity index (χ4n) is 3.23. The molecule has 1 N–H and O–H groups in total. The zero-order valence-electron chi connectivity index (χ0n) is 15.8. The predicted molar refractivity (Wildman–Crippen MR) is 98.1 cm³/mol. The Morgan fingerprint density at radius 3 is 2.56 bits per heavy atom. The topological polar surface area (TPSA) is 97.5 Å². The van der Waals surface area contributed by atoms with Crippen LogP contribution in [0.2, 0.25) is 0 Å². The van der Waals surface area contributed by atoms with E-state index in [1.165, 1.54) is 0 Å². The molecule has 0 spiro atoms. The second kappa shape index (κ2) is 7.77. The van der Waals surface area contributed by atoms with Crippen LogP contribution in [0.5, 0.6) is 5.75 Å². The number of carbonyl (C=O) groups is 2. The number of likely N-dealkylation sites (tertiary alicyclic amines) is 1. The van der Waals surface area contributed by atoms with E-state index in [1.54, 1.807) is 9.58 Å². The molecule has 8 nitrogen and oxygen atoms in total. The molecule has 3 rings (SSSR count). The normalized spacial score (nSPS) is 16.7. The third-order valence-electron chi connectivity index (χ3n) is 4.58. The Balaban J connectivity index is 1.83. The number of carboxylic acid groups (broad SMARTS) is 1. The highest BCUT2D eigenvalue weighted by atomic mass is 16.5. The van der Waals surface area contributed by atoms with E-state index in [4.69, 9.17) is 9.84 Å². The molecule has 1 aliphatic heterocycles. The van der Waals surface area contributed by atoms with Crippen LogP contribution in [-0.4, -0.2) is 56.1 Å². The fraction of sp³-hybridized carbons (Fsp3) is 0.474. The maximum atomic E-state index is 12.8. The standard InChI is InChI=1S/C19H24N4O4/c1-4-16-17(18(24)22-10-9-13(11-22)19(25)26)20-21-23(16)14-5-7-15(8-6-14)27-12(2)3/h5-8,12-13H,4,9-11H2,1-3H3,(H,25,26). The van der Waals surface area contributed by atoms with Gasteiger partial charge in [0, 0.05) is 13.1 Å². The van der Waals surface area contributed by atoms with Gasteiger partial charge in [-0.05, 0) is 51.0 Å². The molecule has 144 valence electrons. The number of aliphatic carboxylic acids is 1. The van der Waals surface area contributed by atoms with Gasteiger partial charge in [0.25, 0.3) is 5.91 Å². The van der Waals surface area contributed by atoms with Gasteiger partial charge in [0.15, 0.2) is 5.69 Å². The molecule has 1 aliphatic rings. The first kappa shape index (κ1) is 18.9. The Labute approximate surface area is 157 Å². The number of carbonyl (C=O) groups excluding carboxylic acids is 1. The molecule has 1 atom stereocenters. The Hall–Kier alpha value is -2.90. The molecule has 1 aromatic carbocycles. The summed E-state index contributed by atoms with van der Waals surface area (Å²) in [4.78, 5) is 25.5. The second-order valence-corrected chi connectivity index (χ2v) is 6.89. The highest BCUT2D eigenvalue weighted by Crippen LogP contribution is 2.22. The lowest BCUT2D eigenvalue weighted by Crippen LogP contribution is -2.31. The van der Waals surface area contributed by atoms with Crippen molar-refractivity contribution in [2.24, 2.45) is 5.92 Å². The minimum absolute atomic E-state index is 0.0905. The van der Waals surface area contributed by atoms with Crippen molar-refractivity contribution >= 4 is 11.9 Å². The average Bonchev–Trinajstić information content (AvgIpc) is 3.28. The largest absolute Gasteiger partial charge is 0.491 e. The zero-order chi connectivity index (χ0) is 19.6. The second-order valence-electron chi connectivity index (χ2n) is 6.89. The van der Waals surface area contributed by atoms with Crippen molar-refractivity contribution in [3.05, 3.63) is 35.7 Å². The lowest BCUT2D eigenvalue weighted by atomic mass is 10.1. The summed E-state index contributed by atoms with van der Waals surface area (Å²) in [6.45, 7) is 6.50. The van der Waals surface area contributed by atoms with Crippen molar-refractivity contribution in [2.45, 2.75) is 39.7 Å². The SMILES string of the molecule is CCc1c(C(=O)N2CCC(C(=O)O)C2)nnn1-c1ccc(OC(C)C)cc1. The van der Waals surface area contributed by atoms with Gasteiger partial charge in [-0.3, -0.25) is 9.59 Å². The quantitative estimate of drug-likeness (QED) is 0.834.